The first kappa shape index (κ1) is 19.6. The van der Waals surface area contributed by atoms with Gasteiger partial charge in [-0.15, -0.1) is 11.3 Å². The summed E-state index contributed by atoms with van der Waals surface area (Å²) in [5, 5.41) is 2.12. The maximum atomic E-state index is 13.3. The van der Waals surface area contributed by atoms with Gasteiger partial charge in [-0.3, -0.25) is 9.59 Å². The van der Waals surface area contributed by atoms with Crippen molar-refractivity contribution in [2.75, 3.05) is 19.6 Å². The van der Waals surface area contributed by atoms with E-state index in [0.29, 0.717) is 19.5 Å². The van der Waals surface area contributed by atoms with Crippen LogP contribution in [0.25, 0.3) is 0 Å². The molecule has 0 saturated heterocycles. The number of aryl methyl sites for hydroxylation is 1. The monoisotopic (exact) mass is 384 g/mol. The van der Waals surface area contributed by atoms with Gasteiger partial charge in [0.1, 0.15) is 0 Å². The average Bonchev–Trinajstić information content (AvgIpc) is 3.15. The number of fused-ring (bicyclic) bond motifs is 1. The Morgan fingerprint density at radius 3 is 2.67 bits per heavy atom. The standard InChI is InChI=1S/C22H28N2O2S/c1-4-12-23(20(25)5-2)15-21(26)24-13-10-19-18(11-14-27-19)22(24)17-9-7-6-8-16(17)3/h6-9,11,14,22H,4-5,10,12-13,15H2,1-3H3/t22-/m0/s1. The van der Waals surface area contributed by atoms with E-state index in [4.69, 9.17) is 0 Å². The molecule has 1 aromatic carbocycles. The molecular weight excluding hydrogens is 356 g/mol. The van der Waals surface area contributed by atoms with Gasteiger partial charge >= 0.3 is 0 Å². The Morgan fingerprint density at radius 2 is 1.96 bits per heavy atom. The highest BCUT2D eigenvalue weighted by molar-refractivity contribution is 7.10. The molecule has 0 N–H and O–H groups in total. The quantitative estimate of drug-likeness (QED) is 0.750. The minimum atomic E-state index is -0.0612. The summed E-state index contributed by atoms with van der Waals surface area (Å²) in [7, 11) is 0. The number of rotatable bonds is 6. The first-order valence-corrected chi connectivity index (χ1v) is 10.6. The van der Waals surface area contributed by atoms with Gasteiger partial charge in [-0.05, 0) is 47.9 Å². The zero-order valence-corrected chi connectivity index (χ0v) is 17.2. The lowest BCUT2D eigenvalue weighted by Crippen LogP contribution is -2.47. The van der Waals surface area contributed by atoms with Crippen LogP contribution < -0.4 is 0 Å². The molecule has 2 amide bonds. The molecule has 0 fully saturated rings. The molecular formula is C22H28N2O2S. The number of nitrogens with zero attached hydrogens (tertiary/aromatic N) is 2. The van der Waals surface area contributed by atoms with Gasteiger partial charge in [-0.2, -0.15) is 0 Å². The number of carbonyl (C=O) groups excluding carboxylic acids is 2. The van der Waals surface area contributed by atoms with Crippen molar-refractivity contribution >= 4 is 23.2 Å². The van der Waals surface area contributed by atoms with Gasteiger partial charge in [0.2, 0.25) is 11.8 Å². The number of carbonyl (C=O) groups is 2. The Bertz CT molecular complexity index is 814. The molecule has 27 heavy (non-hydrogen) atoms. The van der Waals surface area contributed by atoms with Crippen LogP contribution in [0.4, 0.5) is 0 Å². The van der Waals surface area contributed by atoms with E-state index in [1.807, 2.05) is 30.9 Å². The lowest BCUT2D eigenvalue weighted by molar-refractivity contribution is -0.141. The van der Waals surface area contributed by atoms with E-state index >= 15 is 0 Å². The highest BCUT2D eigenvalue weighted by Crippen LogP contribution is 2.38. The summed E-state index contributed by atoms with van der Waals surface area (Å²) in [6.07, 6.45) is 2.18. The largest absolute Gasteiger partial charge is 0.333 e. The Labute approximate surface area is 165 Å². The molecule has 1 aliphatic heterocycles. The van der Waals surface area contributed by atoms with Crippen LogP contribution in [-0.4, -0.2) is 41.2 Å². The van der Waals surface area contributed by atoms with E-state index < -0.39 is 0 Å². The van der Waals surface area contributed by atoms with Crippen molar-refractivity contribution in [3.8, 4) is 0 Å². The second kappa shape index (κ2) is 8.70. The van der Waals surface area contributed by atoms with Gasteiger partial charge in [0.25, 0.3) is 0 Å². The lowest BCUT2D eigenvalue weighted by atomic mass is 9.90. The third kappa shape index (κ3) is 4.08. The highest BCUT2D eigenvalue weighted by atomic mass is 32.1. The molecule has 0 aliphatic carbocycles. The Morgan fingerprint density at radius 1 is 1.19 bits per heavy atom. The highest BCUT2D eigenvalue weighted by Gasteiger charge is 2.34. The van der Waals surface area contributed by atoms with Crippen molar-refractivity contribution < 1.29 is 9.59 Å². The molecule has 3 rings (SSSR count). The fraction of sp³-hybridized carbons (Fsp3) is 0.455. The Kier molecular flexibility index (Phi) is 6.32. The van der Waals surface area contributed by atoms with Crippen molar-refractivity contribution in [1.82, 2.24) is 9.80 Å². The molecule has 0 unspecified atom stereocenters. The van der Waals surface area contributed by atoms with Crippen molar-refractivity contribution in [1.29, 1.82) is 0 Å². The lowest BCUT2D eigenvalue weighted by Gasteiger charge is -2.38. The first-order chi connectivity index (χ1) is 13.1. The molecule has 2 aromatic rings. The summed E-state index contributed by atoms with van der Waals surface area (Å²) in [5.74, 6) is 0.0845. The zero-order valence-electron chi connectivity index (χ0n) is 16.4. The number of hydrogen-bond acceptors (Lipinski definition) is 3. The van der Waals surface area contributed by atoms with Crippen molar-refractivity contribution in [3.05, 3.63) is 57.3 Å². The average molecular weight is 385 g/mol. The smallest absolute Gasteiger partial charge is 0.242 e. The van der Waals surface area contributed by atoms with E-state index in [1.165, 1.54) is 21.6 Å². The number of hydrogen-bond donors (Lipinski definition) is 0. The van der Waals surface area contributed by atoms with Gasteiger partial charge in [0, 0.05) is 24.4 Å². The maximum absolute atomic E-state index is 13.3. The number of amides is 2. The van der Waals surface area contributed by atoms with E-state index in [1.54, 1.807) is 16.2 Å². The molecule has 0 radical (unpaired) electrons. The molecule has 1 aromatic heterocycles. The van der Waals surface area contributed by atoms with Gasteiger partial charge < -0.3 is 9.80 Å². The van der Waals surface area contributed by atoms with Gasteiger partial charge in [-0.25, -0.2) is 0 Å². The van der Waals surface area contributed by atoms with Gasteiger partial charge in [-0.1, -0.05) is 38.1 Å². The van der Waals surface area contributed by atoms with Crippen LogP contribution >= 0.6 is 11.3 Å². The fourth-order valence-corrected chi connectivity index (χ4v) is 4.76. The maximum Gasteiger partial charge on any atom is 0.242 e. The molecule has 0 bridgehead atoms. The normalized spacial score (nSPS) is 16.1. The first-order valence-electron chi connectivity index (χ1n) is 9.75. The molecule has 0 spiro atoms. The van der Waals surface area contributed by atoms with Crippen LogP contribution in [0.1, 0.15) is 54.3 Å². The van der Waals surface area contributed by atoms with E-state index in [-0.39, 0.29) is 24.4 Å². The molecule has 2 heterocycles. The Balaban J connectivity index is 1.92. The zero-order chi connectivity index (χ0) is 19.4. The predicted molar refractivity (Wildman–Crippen MR) is 110 cm³/mol. The molecule has 1 aliphatic rings. The number of thiophene rings is 1. The second-order valence-electron chi connectivity index (χ2n) is 7.06. The molecule has 5 heteroatoms. The van der Waals surface area contributed by atoms with E-state index in [2.05, 4.69) is 30.5 Å². The fourth-order valence-electron chi connectivity index (χ4n) is 3.85. The van der Waals surface area contributed by atoms with Crippen LogP contribution in [0.15, 0.2) is 35.7 Å². The van der Waals surface area contributed by atoms with Crippen LogP contribution in [0.3, 0.4) is 0 Å². The van der Waals surface area contributed by atoms with E-state index in [9.17, 15) is 9.59 Å². The summed E-state index contributed by atoms with van der Waals surface area (Å²) in [4.78, 5) is 30.6. The van der Waals surface area contributed by atoms with Crippen LogP contribution in [-0.2, 0) is 16.0 Å². The molecule has 144 valence electrons. The van der Waals surface area contributed by atoms with Gasteiger partial charge in [0.15, 0.2) is 0 Å². The van der Waals surface area contributed by atoms with Gasteiger partial charge in [0.05, 0.1) is 12.6 Å². The summed E-state index contributed by atoms with van der Waals surface area (Å²) < 4.78 is 0. The minimum Gasteiger partial charge on any atom is -0.333 e. The summed E-state index contributed by atoms with van der Waals surface area (Å²) in [6, 6.07) is 10.4. The van der Waals surface area contributed by atoms with E-state index in [0.717, 1.165) is 12.8 Å². The summed E-state index contributed by atoms with van der Waals surface area (Å²) >= 11 is 1.77. The summed E-state index contributed by atoms with van der Waals surface area (Å²) in [5.41, 5.74) is 3.60. The molecule has 0 saturated carbocycles. The SMILES string of the molecule is CCCN(CC(=O)N1CCc2sccc2[C@@H]1c1ccccc1C)C(=O)CC. The number of benzene rings is 1. The molecule has 4 nitrogen and oxygen atoms in total. The topological polar surface area (TPSA) is 40.6 Å². The minimum absolute atomic E-state index is 0.0374. The van der Waals surface area contributed by atoms with Crippen molar-refractivity contribution in [3.63, 3.8) is 0 Å². The Hall–Kier alpha value is -2.14. The third-order valence-electron chi connectivity index (χ3n) is 5.24. The van der Waals surface area contributed by atoms with Crippen LogP contribution in [0.2, 0.25) is 0 Å². The predicted octanol–water partition coefficient (Wildman–Crippen LogP) is 4.18. The third-order valence-corrected chi connectivity index (χ3v) is 6.24. The van der Waals surface area contributed by atoms with Crippen LogP contribution in [0.5, 0.6) is 0 Å². The van der Waals surface area contributed by atoms with Crippen molar-refractivity contribution in [2.24, 2.45) is 0 Å². The van der Waals surface area contributed by atoms with Crippen LogP contribution in [0, 0.1) is 6.92 Å². The van der Waals surface area contributed by atoms with Crippen molar-refractivity contribution in [2.45, 2.75) is 46.1 Å². The summed E-state index contributed by atoms with van der Waals surface area (Å²) in [6.45, 7) is 7.49. The molecule has 1 atom stereocenters. The second-order valence-corrected chi connectivity index (χ2v) is 8.06.